The van der Waals surface area contributed by atoms with E-state index < -0.39 is 0 Å². The van der Waals surface area contributed by atoms with Gasteiger partial charge in [0.2, 0.25) is 12.0 Å². The van der Waals surface area contributed by atoms with E-state index in [9.17, 15) is 0 Å². The monoisotopic (exact) mass is 161 g/mol. The Morgan fingerprint density at radius 1 is 1.33 bits per heavy atom. The molecule has 0 saturated carbocycles. The topological polar surface area (TPSA) is 29.9 Å². The van der Waals surface area contributed by atoms with Crippen LogP contribution in [0.25, 0.3) is 11.3 Å². The molecule has 0 aliphatic carbocycles. The lowest BCUT2D eigenvalue weighted by Gasteiger charge is -1.89. The van der Waals surface area contributed by atoms with Crippen molar-refractivity contribution in [1.82, 2.24) is 4.98 Å². The van der Waals surface area contributed by atoms with E-state index >= 15 is 0 Å². The number of aromatic nitrogens is 2. The average Bonchev–Trinajstić information content (AvgIpc) is 2.54. The van der Waals surface area contributed by atoms with Crippen LogP contribution in [0, 0.1) is 0 Å². The molecule has 60 valence electrons. The second-order valence-electron chi connectivity index (χ2n) is 2.62. The first-order valence-electron chi connectivity index (χ1n) is 3.70. The van der Waals surface area contributed by atoms with E-state index in [2.05, 4.69) is 4.98 Å². The van der Waals surface area contributed by atoms with Crippen LogP contribution in [0.3, 0.4) is 0 Å². The number of rotatable bonds is 1. The molecule has 3 nitrogen and oxygen atoms in total. The largest absolute Gasteiger partial charge is 0.404 e. The van der Waals surface area contributed by atoms with Crippen LogP contribution in [0.15, 0.2) is 41.5 Å². The number of nitrogens with zero attached hydrogens (tertiary/aromatic N) is 2. The van der Waals surface area contributed by atoms with E-state index in [4.69, 9.17) is 4.42 Å². The maximum absolute atomic E-state index is 5.29. The Morgan fingerprint density at radius 2 is 2.08 bits per heavy atom. The van der Waals surface area contributed by atoms with E-state index in [1.54, 1.807) is 18.8 Å². The SMILES string of the molecule is C[n+]1coc(-c2ccncc2)c1. The maximum Gasteiger partial charge on any atom is 0.334 e. The van der Waals surface area contributed by atoms with Crippen molar-refractivity contribution < 1.29 is 8.98 Å². The molecule has 3 heteroatoms. The first-order chi connectivity index (χ1) is 5.86. The molecule has 0 aromatic carbocycles. The third-order valence-corrected chi connectivity index (χ3v) is 1.63. The molecule has 0 aliphatic heterocycles. The van der Waals surface area contributed by atoms with Gasteiger partial charge in [-0.3, -0.25) is 4.98 Å². The number of hydrogen-bond acceptors (Lipinski definition) is 2. The fourth-order valence-electron chi connectivity index (χ4n) is 1.04. The van der Waals surface area contributed by atoms with Crippen molar-refractivity contribution in [2.75, 3.05) is 0 Å². The summed E-state index contributed by atoms with van der Waals surface area (Å²) in [5, 5.41) is 0. The minimum Gasteiger partial charge on any atom is -0.404 e. The Labute approximate surface area is 70.3 Å². The first kappa shape index (κ1) is 7.03. The van der Waals surface area contributed by atoms with Gasteiger partial charge in [0.15, 0.2) is 0 Å². The number of hydrogen-bond donors (Lipinski definition) is 0. The normalized spacial score (nSPS) is 10.1. The van der Waals surface area contributed by atoms with Crippen LogP contribution in [-0.2, 0) is 7.05 Å². The van der Waals surface area contributed by atoms with Gasteiger partial charge in [0.25, 0.3) is 0 Å². The molecule has 0 atom stereocenters. The summed E-state index contributed by atoms with van der Waals surface area (Å²) in [6, 6.07) is 3.83. The summed E-state index contributed by atoms with van der Waals surface area (Å²) in [5.41, 5.74) is 1.05. The van der Waals surface area contributed by atoms with Crippen molar-refractivity contribution in [1.29, 1.82) is 0 Å². The standard InChI is InChI=1S/C9H9N2O/c1-11-6-9(12-7-11)8-2-4-10-5-3-8/h2-7H,1H3/q+1. The Bertz CT molecular complexity index is 367. The van der Waals surface area contributed by atoms with Crippen LogP contribution in [0.1, 0.15) is 0 Å². The summed E-state index contributed by atoms with van der Waals surface area (Å²) in [6.45, 7) is 0. The predicted octanol–water partition coefficient (Wildman–Crippen LogP) is 1.17. The van der Waals surface area contributed by atoms with Gasteiger partial charge in [-0.15, -0.1) is 0 Å². The molecule has 2 aromatic rings. The van der Waals surface area contributed by atoms with Crippen LogP contribution in [0.2, 0.25) is 0 Å². The zero-order valence-corrected chi connectivity index (χ0v) is 6.77. The zero-order chi connectivity index (χ0) is 8.39. The van der Waals surface area contributed by atoms with Gasteiger partial charge in [-0.2, -0.15) is 4.57 Å². The molecule has 2 heterocycles. The molecule has 0 N–H and O–H groups in total. The van der Waals surface area contributed by atoms with Crippen molar-refractivity contribution in [3.05, 3.63) is 37.1 Å². The van der Waals surface area contributed by atoms with Crippen molar-refractivity contribution >= 4 is 0 Å². The smallest absolute Gasteiger partial charge is 0.334 e. The number of pyridine rings is 1. The fourth-order valence-corrected chi connectivity index (χ4v) is 1.04. The Morgan fingerprint density at radius 3 is 2.67 bits per heavy atom. The van der Waals surface area contributed by atoms with Gasteiger partial charge < -0.3 is 4.42 Å². The molecule has 0 amide bonds. The van der Waals surface area contributed by atoms with Gasteiger partial charge in [-0.25, -0.2) is 0 Å². The third kappa shape index (κ3) is 1.21. The summed E-state index contributed by atoms with van der Waals surface area (Å²) in [7, 11) is 1.92. The van der Waals surface area contributed by atoms with Crippen LogP contribution < -0.4 is 4.57 Å². The third-order valence-electron chi connectivity index (χ3n) is 1.63. The summed E-state index contributed by atoms with van der Waals surface area (Å²) >= 11 is 0. The summed E-state index contributed by atoms with van der Waals surface area (Å²) in [5.74, 6) is 0.861. The highest BCUT2D eigenvalue weighted by Crippen LogP contribution is 2.15. The molecule has 0 aliphatic rings. The van der Waals surface area contributed by atoms with Crippen molar-refractivity contribution in [3.8, 4) is 11.3 Å². The van der Waals surface area contributed by atoms with Gasteiger partial charge in [0, 0.05) is 18.0 Å². The van der Waals surface area contributed by atoms with Crippen LogP contribution >= 0.6 is 0 Å². The molecule has 0 saturated heterocycles. The lowest BCUT2D eigenvalue weighted by Crippen LogP contribution is -2.22. The van der Waals surface area contributed by atoms with Gasteiger partial charge in [0.1, 0.15) is 7.05 Å². The predicted molar refractivity (Wildman–Crippen MR) is 43.1 cm³/mol. The maximum atomic E-state index is 5.29. The highest BCUT2D eigenvalue weighted by molar-refractivity contribution is 5.53. The van der Waals surface area contributed by atoms with Gasteiger partial charge in [-0.1, -0.05) is 0 Å². The van der Waals surface area contributed by atoms with Crippen LogP contribution in [0.4, 0.5) is 0 Å². The van der Waals surface area contributed by atoms with Crippen LogP contribution in [-0.4, -0.2) is 4.98 Å². The first-order valence-corrected chi connectivity index (χ1v) is 3.70. The van der Waals surface area contributed by atoms with Gasteiger partial charge in [-0.05, 0) is 12.1 Å². The molecule has 0 spiro atoms. The van der Waals surface area contributed by atoms with Gasteiger partial charge in [0.05, 0.1) is 0 Å². The number of aryl methyl sites for hydroxylation is 1. The molecule has 0 fully saturated rings. The van der Waals surface area contributed by atoms with E-state index in [1.807, 2.05) is 29.9 Å². The quantitative estimate of drug-likeness (QED) is 0.587. The van der Waals surface area contributed by atoms with Crippen molar-refractivity contribution in [2.24, 2.45) is 7.05 Å². The van der Waals surface area contributed by atoms with Crippen molar-refractivity contribution in [3.63, 3.8) is 0 Å². The highest BCUT2D eigenvalue weighted by Gasteiger charge is 2.05. The minimum atomic E-state index is 0.861. The zero-order valence-electron chi connectivity index (χ0n) is 6.77. The average molecular weight is 161 g/mol. The highest BCUT2D eigenvalue weighted by atomic mass is 16.3. The second-order valence-corrected chi connectivity index (χ2v) is 2.62. The lowest BCUT2D eigenvalue weighted by molar-refractivity contribution is -0.674. The molecule has 0 unspecified atom stereocenters. The Kier molecular flexibility index (Phi) is 1.63. The molecular weight excluding hydrogens is 152 g/mol. The molecule has 2 rings (SSSR count). The molecule has 2 aromatic heterocycles. The fraction of sp³-hybridized carbons (Fsp3) is 0.111. The van der Waals surface area contributed by atoms with Gasteiger partial charge >= 0.3 is 6.39 Å². The number of oxazole rings is 1. The minimum absolute atomic E-state index is 0.861. The Hall–Kier alpha value is -1.64. The summed E-state index contributed by atoms with van der Waals surface area (Å²) < 4.78 is 7.16. The summed E-state index contributed by atoms with van der Waals surface area (Å²) in [6.07, 6.45) is 7.08. The van der Waals surface area contributed by atoms with Crippen LogP contribution in [0.5, 0.6) is 0 Å². The second kappa shape index (κ2) is 2.77. The summed E-state index contributed by atoms with van der Waals surface area (Å²) in [4.78, 5) is 3.93. The Balaban J connectivity index is 2.45. The van der Waals surface area contributed by atoms with Crippen molar-refractivity contribution in [2.45, 2.75) is 0 Å². The molecule has 0 radical (unpaired) electrons. The van der Waals surface area contributed by atoms with E-state index in [-0.39, 0.29) is 0 Å². The van der Waals surface area contributed by atoms with E-state index in [1.165, 1.54) is 0 Å². The molecule has 12 heavy (non-hydrogen) atoms. The van der Waals surface area contributed by atoms with E-state index in [0.717, 1.165) is 11.3 Å². The molecular formula is C9H9N2O+. The lowest BCUT2D eigenvalue weighted by atomic mass is 10.2. The molecule has 0 bridgehead atoms. The van der Waals surface area contributed by atoms with E-state index in [0.29, 0.717) is 0 Å².